The third kappa shape index (κ3) is 2.62. The normalized spacial score (nSPS) is 12.6. The molecule has 0 aromatic heterocycles. The summed E-state index contributed by atoms with van der Waals surface area (Å²) >= 11 is 11.9. The number of rotatable bonds is 2. The third-order valence-electron chi connectivity index (χ3n) is 3.46. The summed E-state index contributed by atoms with van der Waals surface area (Å²) in [7, 11) is 0. The standard InChI is InChI=1S/C17H11Cl2FO/c18-14-7-5-10(9-15(14)19)17(21)13-6-8-16(20)12-4-2-1-3-11(12)13/h1-9,17,21H. The summed E-state index contributed by atoms with van der Waals surface area (Å²) in [4.78, 5) is 0. The summed E-state index contributed by atoms with van der Waals surface area (Å²) in [5.74, 6) is -0.310. The van der Waals surface area contributed by atoms with E-state index in [2.05, 4.69) is 0 Å². The van der Waals surface area contributed by atoms with Crippen LogP contribution < -0.4 is 0 Å². The minimum atomic E-state index is -0.898. The van der Waals surface area contributed by atoms with Gasteiger partial charge in [-0.3, -0.25) is 0 Å². The molecule has 0 heterocycles. The highest BCUT2D eigenvalue weighted by Gasteiger charge is 2.16. The van der Waals surface area contributed by atoms with Crippen molar-refractivity contribution in [1.29, 1.82) is 0 Å². The highest BCUT2D eigenvalue weighted by atomic mass is 35.5. The maximum Gasteiger partial charge on any atom is 0.131 e. The van der Waals surface area contributed by atoms with Gasteiger partial charge in [-0.15, -0.1) is 0 Å². The molecule has 0 saturated heterocycles. The van der Waals surface area contributed by atoms with Crippen LogP contribution in [-0.2, 0) is 0 Å². The second kappa shape index (κ2) is 5.64. The van der Waals surface area contributed by atoms with Gasteiger partial charge in [-0.05, 0) is 34.7 Å². The Hall–Kier alpha value is -1.61. The number of benzene rings is 3. The Morgan fingerprint density at radius 1 is 0.857 bits per heavy atom. The van der Waals surface area contributed by atoms with Crippen LogP contribution in [-0.4, -0.2) is 5.11 Å². The predicted molar refractivity (Wildman–Crippen MR) is 84.4 cm³/mol. The van der Waals surface area contributed by atoms with E-state index in [0.29, 0.717) is 31.9 Å². The van der Waals surface area contributed by atoms with Gasteiger partial charge in [-0.1, -0.05) is 59.6 Å². The molecule has 1 nitrogen and oxygen atoms in total. The molecule has 4 heteroatoms. The van der Waals surface area contributed by atoms with E-state index in [-0.39, 0.29) is 5.82 Å². The van der Waals surface area contributed by atoms with Gasteiger partial charge in [-0.2, -0.15) is 0 Å². The van der Waals surface area contributed by atoms with Crippen molar-refractivity contribution in [2.45, 2.75) is 6.10 Å². The summed E-state index contributed by atoms with van der Waals surface area (Å²) in [5, 5.41) is 12.5. The van der Waals surface area contributed by atoms with Gasteiger partial charge in [0.25, 0.3) is 0 Å². The topological polar surface area (TPSA) is 20.2 Å². The molecule has 1 unspecified atom stereocenters. The van der Waals surface area contributed by atoms with Gasteiger partial charge in [0.15, 0.2) is 0 Å². The Balaban J connectivity index is 2.15. The van der Waals surface area contributed by atoms with Crippen LogP contribution in [0.2, 0.25) is 10.0 Å². The molecule has 0 aliphatic heterocycles. The fraction of sp³-hybridized carbons (Fsp3) is 0.0588. The maximum atomic E-state index is 13.8. The van der Waals surface area contributed by atoms with Crippen LogP contribution in [0, 0.1) is 5.82 Å². The number of hydrogen-bond acceptors (Lipinski definition) is 1. The zero-order chi connectivity index (χ0) is 15.0. The van der Waals surface area contributed by atoms with Crippen molar-refractivity contribution >= 4 is 34.0 Å². The van der Waals surface area contributed by atoms with E-state index in [1.165, 1.54) is 6.07 Å². The van der Waals surface area contributed by atoms with Crippen LogP contribution in [0.5, 0.6) is 0 Å². The van der Waals surface area contributed by atoms with Crippen LogP contribution >= 0.6 is 23.2 Å². The SMILES string of the molecule is OC(c1ccc(Cl)c(Cl)c1)c1ccc(F)c2ccccc12. The highest BCUT2D eigenvalue weighted by Crippen LogP contribution is 2.33. The number of fused-ring (bicyclic) bond motifs is 1. The van der Waals surface area contributed by atoms with Gasteiger partial charge >= 0.3 is 0 Å². The molecule has 0 spiro atoms. The molecular formula is C17H11Cl2FO. The van der Waals surface area contributed by atoms with E-state index < -0.39 is 6.10 Å². The van der Waals surface area contributed by atoms with E-state index in [1.54, 1.807) is 42.5 Å². The minimum Gasteiger partial charge on any atom is -0.384 e. The lowest BCUT2D eigenvalue weighted by Crippen LogP contribution is -2.01. The van der Waals surface area contributed by atoms with Crippen molar-refractivity contribution in [3.63, 3.8) is 0 Å². The van der Waals surface area contributed by atoms with E-state index in [9.17, 15) is 9.50 Å². The van der Waals surface area contributed by atoms with Gasteiger partial charge in [0, 0.05) is 5.39 Å². The van der Waals surface area contributed by atoms with Gasteiger partial charge in [-0.25, -0.2) is 4.39 Å². The number of aliphatic hydroxyl groups excluding tert-OH is 1. The molecule has 0 saturated carbocycles. The predicted octanol–water partition coefficient (Wildman–Crippen LogP) is 5.37. The smallest absolute Gasteiger partial charge is 0.131 e. The molecule has 0 bridgehead atoms. The first kappa shape index (κ1) is 14.3. The molecule has 0 radical (unpaired) electrons. The van der Waals surface area contributed by atoms with Gasteiger partial charge in [0.1, 0.15) is 11.9 Å². The van der Waals surface area contributed by atoms with Crippen molar-refractivity contribution in [3.05, 3.63) is 81.6 Å². The first-order valence-electron chi connectivity index (χ1n) is 6.38. The van der Waals surface area contributed by atoms with Crippen LogP contribution in [0.15, 0.2) is 54.6 Å². The van der Waals surface area contributed by atoms with E-state index in [0.717, 1.165) is 0 Å². The van der Waals surface area contributed by atoms with Gasteiger partial charge < -0.3 is 5.11 Å². The first-order chi connectivity index (χ1) is 10.1. The number of aliphatic hydroxyl groups is 1. The molecule has 3 aromatic rings. The lowest BCUT2D eigenvalue weighted by Gasteiger charge is -2.15. The Bertz CT molecular complexity index is 817. The number of halogens is 3. The first-order valence-corrected chi connectivity index (χ1v) is 7.13. The van der Waals surface area contributed by atoms with Crippen molar-refractivity contribution in [2.24, 2.45) is 0 Å². The summed E-state index contributed by atoms with van der Waals surface area (Å²) in [6.45, 7) is 0. The van der Waals surface area contributed by atoms with Crippen LogP contribution in [0.25, 0.3) is 10.8 Å². The molecule has 0 fully saturated rings. The van der Waals surface area contributed by atoms with Crippen LogP contribution in [0.3, 0.4) is 0 Å². The summed E-state index contributed by atoms with van der Waals surface area (Å²) in [5.41, 5.74) is 1.24. The van der Waals surface area contributed by atoms with Crippen molar-refractivity contribution in [3.8, 4) is 0 Å². The average Bonchev–Trinajstić information content (AvgIpc) is 2.50. The summed E-state index contributed by atoms with van der Waals surface area (Å²) in [6, 6.07) is 15.0. The Morgan fingerprint density at radius 2 is 1.57 bits per heavy atom. The molecule has 0 amide bonds. The molecule has 106 valence electrons. The van der Waals surface area contributed by atoms with Crippen molar-refractivity contribution in [1.82, 2.24) is 0 Å². The Morgan fingerprint density at radius 3 is 2.29 bits per heavy atom. The third-order valence-corrected chi connectivity index (χ3v) is 4.20. The van der Waals surface area contributed by atoms with E-state index in [4.69, 9.17) is 23.2 Å². The van der Waals surface area contributed by atoms with Crippen molar-refractivity contribution in [2.75, 3.05) is 0 Å². The van der Waals surface area contributed by atoms with E-state index in [1.807, 2.05) is 6.07 Å². The fourth-order valence-electron chi connectivity index (χ4n) is 2.39. The zero-order valence-corrected chi connectivity index (χ0v) is 12.4. The molecule has 1 N–H and O–H groups in total. The Labute approximate surface area is 131 Å². The number of hydrogen-bond donors (Lipinski definition) is 1. The lowest BCUT2D eigenvalue weighted by atomic mass is 9.95. The summed E-state index contributed by atoms with van der Waals surface area (Å²) < 4.78 is 13.8. The zero-order valence-electron chi connectivity index (χ0n) is 10.9. The van der Waals surface area contributed by atoms with E-state index >= 15 is 0 Å². The van der Waals surface area contributed by atoms with Crippen molar-refractivity contribution < 1.29 is 9.50 Å². The maximum absolute atomic E-state index is 13.8. The lowest BCUT2D eigenvalue weighted by molar-refractivity contribution is 0.222. The summed E-state index contributed by atoms with van der Waals surface area (Å²) in [6.07, 6.45) is -0.898. The minimum absolute atomic E-state index is 0.310. The Kier molecular flexibility index (Phi) is 3.85. The second-order valence-electron chi connectivity index (χ2n) is 4.76. The molecule has 21 heavy (non-hydrogen) atoms. The monoisotopic (exact) mass is 320 g/mol. The quantitative estimate of drug-likeness (QED) is 0.673. The molecule has 3 rings (SSSR count). The largest absolute Gasteiger partial charge is 0.384 e. The average molecular weight is 321 g/mol. The van der Waals surface area contributed by atoms with Gasteiger partial charge in [0.2, 0.25) is 0 Å². The van der Waals surface area contributed by atoms with Gasteiger partial charge in [0.05, 0.1) is 10.0 Å². The molecule has 3 aromatic carbocycles. The second-order valence-corrected chi connectivity index (χ2v) is 5.57. The molecule has 1 atom stereocenters. The highest BCUT2D eigenvalue weighted by molar-refractivity contribution is 6.42. The molecule has 0 aliphatic rings. The van der Waals surface area contributed by atoms with Crippen LogP contribution in [0.1, 0.15) is 17.2 Å². The fourth-order valence-corrected chi connectivity index (χ4v) is 2.69. The molecular weight excluding hydrogens is 310 g/mol. The van der Waals surface area contributed by atoms with Crippen LogP contribution in [0.4, 0.5) is 4.39 Å². The molecule has 0 aliphatic carbocycles.